The smallest absolute Gasteiger partial charge is 0.0594 e. The molecule has 2 heteroatoms. The second kappa shape index (κ2) is 6.02. The van der Waals surface area contributed by atoms with Gasteiger partial charge in [-0.05, 0) is 24.4 Å². The van der Waals surface area contributed by atoms with Crippen LogP contribution in [0.4, 0.5) is 0 Å². The highest BCUT2D eigenvalue weighted by Gasteiger charge is 2.12. The van der Waals surface area contributed by atoms with Crippen molar-refractivity contribution in [3.8, 4) is 0 Å². The van der Waals surface area contributed by atoms with Crippen molar-refractivity contribution in [2.24, 2.45) is 0 Å². The van der Waals surface area contributed by atoms with Crippen LogP contribution in [-0.4, -0.2) is 37.7 Å². The lowest BCUT2D eigenvalue weighted by atomic mass is 9.98. The quantitative estimate of drug-likeness (QED) is 0.771. The van der Waals surface area contributed by atoms with Gasteiger partial charge in [-0.3, -0.25) is 4.90 Å². The molecule has 0 radical (unpaired) electrons. The number of morpholine rings is 1. The molecule has 0 amide bonds. The molecule has 1 unspecified atom stereocenters. The van der Waals surface area contributed by atoms with E-state index in [4.69, 9.17) is 4.74 Å². The molecule has 0 spiro atoms. The lowest BCUT2D eigenvalue weighted by Gasteiger charge is -2.27. The van der Waals surface area contributed by atoms with Crippen LogP contribution in [0, 0.1) is 0 Å². The molecule has 0 saturated carbocycles. The van der Waals surface area contributed by atoms with Gasteiger partial charge in [0.25, 0.3) is 0 Å². The molecule has 1 aromatic carbocycles. The molecule has 1 aliphatic heterocycles. The predicted molar refractivity (Wildman–Crippen MR) is 66.7 cm³/mol. The minimum atomic E-state index is 0.657. The first kappa shape index (κ1) is 11.6. The van der Waals surface area contributed by atoms with Crippen molar-refractivity contribution >= 4 is 0 Å². The Morgan fingerprint density at radius 3 is 2.56 bits per heavy atom. The van der Waals surface area contributed by atoms with Crippen LogP contribution in [0.15, 0.2) is 30.3 Å². The van der Waals surface area contributed by atoms with Crippen LogP contribution in [0.3, 0.4) is 0 Å². The van der Waals surface area contributed by atoms with E-state index in [0.717, 1.165) is 26.3 Å². The Morgan fingerprint density at radius 1 is 1.19 bits per heavy atom. The number of ether oxygens (including phenoxy) is 1. The van der Waals surface area contributed by atoms with Crippen molar-refractivity contribution in [1.82, 2.24) is 4.90 Å². The highest BCUT2D eigenvalue weighted by atomic mass is 16.5. The topological polar surface area (TPSA) is 12.5 Å². The van der Waals surface area contributed by atoms with Crippen molar-refractivity contribution in [2.75, 3.05) is 32.8 Å². The predicted octanol–water partition coefficient (Wildman–Crippen LogP) is 2.51. The summed E-state index contributed by atoms with van der Waals surface area (Å²) < 4.78 is 5.35. The van der Waals surface area contributed by atoms with E-state index in [1.807, 2.05) is 0 Å². The van der Waals surface area contributed by atoms with Crippen LogP contribution in [0.1, 0.15) is 24.8 Å². The molecule has 0 N–H and O–H groups in total. The van der Waals surface area contributed by atoms with E-state index in [-0.39, 0.29) is 0 Å². The maximum absolute atomic E-state index is 5.35. The first-order chi connectivity index (χ1) is 7.86. The van der Waals surface area contributed by atoms with Crippen LogP contribution in [0.5, 0.6) is 0 Å². The van der Waals surface area contributed by atoms with Crippen molar-refractivity contribution in [2.45, 2.75) is 19.3 Å². The van der Waals surface area contributed by atoms with Gasteiger partial charge in [0.15, 0.2) is 0 Å². The molecule has 1 saturated heterocycles. The van der Waals surface area contributed by atoms with E-state index in [1.54, 1.807) is 0 Å². The zero-order chi connectivity index (χ0) is 11.2. The molecular formula is C14H21NO. The highest BCUT2D eigenvalue weighted by molar-refractivity contribution is 5.18. The summed E-state index contributed by atoms with van der Waals surface area (Å²) in [5.74, 6) is 0.657. The first-order valence-electron chi connectivity index (χ1n) is 6.21. The Kier molecular flexibility index (Phi) is 4.37. The lowest BCUT2D eigenvalue weighted by molar-refractivity contribution is 0.0367. The van der Waals surface area contributed by atoms with Gasteiger partial charge in [0.05, 0.1) is 13.2 Å². The van der Waals surface area contributed by atoms with Crippen LogP contribution in [-0.2, 0) is 4.74 Å². The standard InChI is InChI=1S/C14H21NO/c1-13(14-5-3-2-4-6-14)7-8-15-9-11-16-12-10-15/h2-6,13H,7-12H2,1H3. The Morgan fingerprint density at radius 2 is 1.88 bits per heavy atom. The molecule has 88 valence electrons. The summed E-state index contributed by atoms with van der Waals surface area (Å²) >= 11 is 0. The average Bonchev–Trinajstić information content (AvgIpc) is 2.38. The van der Waals surface area contributed by atoms with E-state index in [1.165, 1.54) is 18.5 Å². The SMILES string of the molecule is CC(CCN1CCOCC1)c1ccccc1. The van der Waals surface area contributed by atoms with E-state index in [9.17, 15) is 0 Å². The van der Waals surface area contributed by atoms with Crippen molar-refractivity contribution in [3.05, 3.63) is 35.9 Å². The summed E-state index contributed by atoms with van der Waals surface area (Å²) in [5.41, 5.74) is 1.45. The fraction of sp³-hybridized carbons (Fsp3) is 0.571. The number of hydrogen-bond acceptors (Lipinski definition) is 2. The summed E-state index contributed by atoms with van der Waals surface area (Å²) in [7, 11) is 0. The minimum absolute atomic E-state index is 0.657. The van der Waals surface area contributed by atoms with Crippen LogP contribution in [0.25, 0.3) is 0 Å². The molecule has 0 aromatic heterocycles. The normalized spacial score (nSPS) is 19.6. The summed E-state index contributed by atoms with van der Waals surface area (Å²) in [5, 5.41) is 0. The van der Waals surface area contributed by atoms with Gasteiger partial charge in [0.2, 0.25) is 0 Å². The number of nitrogens with zero attached hydrogens (tertiary/aromatic N) is 1. The lowest BCUT2D eigenvalue weighted by Crippen LogP contribution is -2.37. The Balaban J connectivity index is 1.77. The van der Waals surface area contributed by atoms with Gasteiger partial charge in [0.1, 0.15) is 0 Å². The summed E-state index contributed by atoms with van der Waals surface area (Å²) in [4.78, 5) is 2.50. The van der Waals surface area contributed by atoms with Crippen molar-refractivity contribution < 1.29 is 4.74 Å². The molecule has 1 aliphatic rings. The Hall–Kier alpha value is -0.860. The molecular weight excluding hydrogens is 198 g/mol. The molecule has 1 heterocycles. The fourth-order valence-corrected chi connectivity index (χ4v) is 2.15. The van der Waals surface area contributed by atoms with E-state index >= 15 is 0 Å². The highest BCUT2D eigenvalue weighted by Crippen LogP contribution is 2.18. The summed E-state index contributed by atoms with van der Waals surface area (Å²) in [6, 6.07) is 10.8. The van der Waals surface area contributed by atoms with Gasteiger partial charge < -0.3 is 4.74 Å². The maximum Gasteiger partial charge on any atom is 0.0594 e. The molecule has 16 heavy (non-hydrogen) atoms. The first-order valence-corrected chi connectivity index (χ1v) is 6.21. The number of rotatable bonds is 4. The third kappa shape index (κ3) is 3.32. The molecule has 2 nitrogen and oxygen atoms in total. The second-order valence-corrected chi connectivity index (χ2v) is 4.55. The maximum atomic E-state index is 5.35. The average molecular weight is 219 g/mol. The van der Waals surface area contributed by atoms with E-state index in [2.05, 4.69) is 42.2 Å². The summed E-state index contributed by atoms with van der Waals surface area (Å²) in [6.45, 7) is 7.51. The zero-order valence-corrected chi connectivity index (χ0v) is 10.1. The molecule has 0 aliphatic carbocycles. The largest absolute Gasteiger partial charge is 0.379 e. The van der Waals surface area contributed by atoms with Gasteiger partial charge in [-0.15, -0.1) is 0 Å². The molecule has 1 aromatic rings. The Labute approximate surface area is 98.2 Å². The third-order valence-corrected chi connectivity index (χ3v) is 3.35. The molecule has 0 bridgehead atoms. The van der Waals surface area contributed by atoms with Crippen molar-refractivity contribution in [3.63, 3.8) is 0 Å². The van der Waals surface area contributed by atoms with Crippen LogP contribution in [0.2, 0.25) is 0 Å². The molecule has 1 atom stereocenters. The van der Waals surface area contributed by atoms with Gasteiger partial charge in [-0.1, -0.05) is 37.3 Å². The molecule has 1 fully saturated rings. The van der Waals surface area contributed by atoms with Gasteiger partial charge in [-0.25, -0.2) is 0 Å². The molecule has 2 rings (SSSR count). The summed E-state index contributed by atoms with van der Waals surface area (Å²) in [6.07, 6.45) is 1.24. The van der Waals surface area contributed by atoms with Crippen LogP contribution >= 0.6 is 0 Å². The van der Waals surface area contributed by atoms with E-state index < -0.39 is 0 Å². The Bertz CT molecular complexity index is 293. The third-order valence-electron chi connectivity index (χ3n) is 3.35. The van der Waals surface area contributed by atoms with E-state index in [0.29, 0.717) is 5.92 Å². The van der Waals surface area contributed by atoms with Crippen LogP contribution < -0.4 is 0 Å². The number of benzene rings is 1. The van der Waals surface area contributed by atoms with Crippen molar-refractivity contribution in [1.29, 1.82) is 0 Å². The zero-order valence-electron chi connectivity index (χ0n) is 10.1. The van der Waals surface area contributed by atoms with Gasteiger partial charge >= 0.3 is 0 Å². The second-order valence-electron chi connectivity index (χ2n) is 4.55. The number of hydrogen-bond donors (Lipinski definition) is 0. The monoisotopic (exact) mass is 219 g/mol. The van der Waals surface area contributed by atoms with Gasteiger partial charge in [0, 0.05) is 13.1 Å². The fourth-order valence-electron chi connectivity index (χ4n) is 2.15. The van der Waals surface area contributed by atoms with Gasteiger partial charge in [-0.2, -0.15) is 0 Å². The minimum Gasteiger partial charge on any atom is -0.379 e.